The standard InChI is InChI=1S/C20H25ClN4O3S2/c1-13-2-3-14(6-17(13)21)9-25-4-5-28-16(10-25)8-23-19(27)12-30-20-24-15(11-29-20)7-18(22)26/h2-3,6,11,16H,4-5,7-10,12H2,1H3,(H2,22,26)(H,23,27)/t16-/m0/s1. The van der Waals surface area contributed by atoms with Crippen LogP contribution in [0.5, 0.6) is 0 Å². The molecule has 30 heavy (non-hydrogen) atoms. The highest BCUT2D eigenvalue weighted by molar-refractivity contribution is 8.01. The highest BCUT2D eigenvalue weighted by atomic mass is 35.5. The van der Waals surface area contributed by atoms with E-state index in [1.54, 1.807) is 5.38 Å². The number of hydrogen-bond acceptors (Lipinski definition) is 7. The molecular weight excluding hydrogens is 444 g/mol. The number of carbonyl (C=O) groups excluding carboxylic acids is 2. The smallest absolute Gasteiger partial charge is 0.230 e. The summed E-state index contributed by atoms with van der Waals surface area (Å²) in [5, 5.41) is 5.50. The molecule has 1 aromatic carbocycles. The predicted octanol–water partition coefficient (Wildman–Crippen LogP) is 2.24. The first kappa shape index (κ1) is 23.0. The second-order valence-corrected chi connectivity index (χ2v) is 9.64. The van der Waals surface area contributed by atoms with Gasteiger partial charge < -0.3 is 15.8 Å². The van der Waals surface area contributed by atoms with Crippen LogP contribution in [0.15, 0.2) is 27.9 Å². The van der Waals surface area contributed by atoms with Gasteiger partial charge in [0.25, 0.3) is 0 Å². The van der Waals surface area contributed by atoms with E-state index in [9.17, 15) is 9.59 Å². The van der Waals surface area contributed by atoms with Crippen molar-refractivity contribution >= 4 is 46.5 Å². The topological polar surface area (TPSA) is 97.6 Å². The number of ether oxygens (including phenoxy) is 1. The van der Waals surface area contributed by atoms with Crippen molar-refractivity contribution in [1.82, 2.24) is 15.2 Å². The summed E-state index contributed by atoms with van der Waals surface area (Å²) < 4.78 is 6.55. The summed E-state index contributed by atoms with van der Waals surface area (Å²) in [6.07, 6.45) is 0.0729. The van der Waals surface area contributed by atoms with Crippen LogP contribution in [-0.4, -0.2) is 59.8 Å². The van der Waals surface area contributed by atoms with E-state index in [1.807, 2.05) is 19.1 Å². The molecule has 0 aliphatic carbocycles. The molecule has 2 heterocycles. The molecule has 1 aromatic heterocycles. The summed E-state index contributed by atoms with van der Waals surface area (Å²) in [7, 11) is 0. The van der Waals surface area contributed by atoms with Crippen LogP contribution in [0.25, 0.3) is 0 Å². The summed E-state index contributed by atoms with van der Waals surface area (Å²) in [5.41, 5.74) is 8.05. The molecule has 3 N–H and O–H groups in total. The van der Waals surface area contributed by atoms with Gasteiger partial charge in [0, 0.05) is 36.6 Å². The molecule has 10 heteroatoms. The Morgan fingerprint density at radius 1 is 1.47 bits per heavy atom. The number of morpholine rings is 1. The Morgan fingerprint density at radius 2 is 2.30 bits per heavy atom. The van der Waals surface area contributed by atoms with Crippen molar-refractivity contribution in [1.29, 1.82) is 0 Å². The number of hydrogen-bond donors (Lipinski definition) is 2. The van der Waals surface area contributed by atoms with Gasteiger partial charge in [0.1, 0.15) is 0 Å². The molecule has 1 fully saturated rings. The number of carbonyl (C=O) groups is 2. The third kappa shape index (κ3) is 7.24. The molecule has 0 spiro atoms. The van der Waals surface area contributed by atoms with Crippen molar-refractivity contribution in [2.75, 3.05) is 32.0 Å². The lowest BCUT2D eigenvalue weighted by atomic mass is 10.1. The molecule has 2 amide bonds. The minimum atomic E-state index is -0.415. The summed E-state index contributed by atoms with van der Waals surface area (Å²) >= 11 is 8.98. The van der Waals surface area contributed by atoms with Crippen molar-refractivity contribution < 1.29 is 14.3 Å². The Labute approximate surface area is 189 Å². The fourth-order valence-corrected chi connectivity index (χ4v) is 4.94. The van der Waals surface area contributed by atoms with Crippen molar-refractivity contribution in [3.05, 3.63) is 45.4 Å². The molecule has 0 bridgehead atoms. The minimum Gasteiger partial charge on any atom is -0.374 e. The van der Waals surface area contributed by atoms with Crippen LogP contribution in [0.4, 0.5) is 0 Å². The third-order valence-corrected chi connectivity index (χ3v) is 7.08. The van der Waals surface area contributed by atoms with Gasteiger partial charge in [0.05, 0.1) is 30.6 Å². The first-order valence-electron chi connectivity index (χ1n) is 9.60. The monoisotopic (exact) mass is 468 g/mol. The summed E-state index contributed by atoms with van der Waals surface area (Å²) in [4.78, 5) is 29.7. The zero-order chi connectivity index (χ0) is 21.5. The van der Waals surface area contributed by atoms with Crippen LogP contribution in [0.1, 0.15) is 16.8 Å². The molecule has 1 saturated heterocycles. The van der Waals surface area contributed by atoms with Gasteiger partial charge >= 0.3 is 0 Å². The zero-order valence-corrected chi connectivity index (χ0v) is 19.1. The molecule has 3 rings (SSSR count). The molecule has 7 nitrogen and oxygen atoms in total. The molecule has 2 aromatic rings. The molecule has 1 aliphatic rings. The van der Waals surface area contributed by atoms with E-state index in [4.69, 9.17) is 22.1 Å². The molecule has 0 unspecified atom stereocenters. The maximum atomic E-state index is 12.2. The highest BCUT2D eigenvalue weighted by Gasteiger charge is 2.21. The second kappa shape index (κ2) is 11.1. The Kier molecular flexibility index (Phi) is 8.52. The van der Waals surface area contributed by atoms with Crippen LogP contribution >= 0.6 is 34.7 Å². The lowest BCUT2D eigenvalue weighted by Crippen LogP contribution is -2.47. The predicted molar refractivity (Wildman–Crippen MR) is 120 cm³/mol. The number of nitrogens with two attached hydrogens (primary N) is 1. The van der Waals surface area contributed by atoms with Crippen molar-refractivity contribution in [2.45, 2.75) is 30.3 Å². The van der Waals surface area contributed by atoms with Gasteiger partial charge in [0.15, 0.2) is 4.34 Å². The number of benzene rings is 1. The van der Waals surface area contributed by atoms with Crippen LogP contribution in [0, 0.1) is 6.92 Å². The van der Waals surface area contributed by atoms with Gasteiger partial charge in [-0.25, -0.2) is 4.98 Å². The van der Waals surface area contributed by atoms with Crippen molar-refractivity contribution in [2.24, 2.45) is 5.73 Å². The normalized spacial score (nSPS) is 17.1. The lowest BCUT2D eigenvalue weighted by molar-refractivity contribution is -0.120. The second-order valence-electron chi connectivity index (χ2n) is 7.15. The molecule has 1 aliphatic heterocycles. The van der Waals surface area contributed by atoms with Crippen molar-refractivity contribution in [3.8, 4) is 0 Å². The zero-order valence-electron chi connectivity index (χ0n) is 16.7. The maximum Gasteiger partial charge on any atom is 0.230 e. The third-order valence-electron chi connectivity index (χ3n) is 4.60. The van der Waals surface area contributed by atoms with Crippen LogP contribution in [0.3, 0.4) is 0 Å². The van der Waals surface area contributed by atoms with Gasteiger partial charge in [-0.1, -0.05) is 35.5 Å². The summed E-state index contributed by atoms with van der Waals surface area (Å²) in [6, 6.07) is 6.14. The Hall–Kier alpha value is -1.65. The first-order valence-corrected chi connectivity index (χ1v) is 11.8. The highest BCUT2D eigenvalue weighted by Crippen LogP contribution is 2.22. The van der Waals surface area contributed by atoms with Gasteiger partial charge in [-0.2, -0.15) is 0 Å². The number of nitrogens with one attached hydrogen (secondary N) is 1. The Morgan fingerprint density at radius 3 is 3.07 bits per heavy atom. The maximum absolute atomic E-state index is 12.2. The summed E-state index contributed by atoms with van der Waals surface area (Å²) in [6.45, 7) is 5.51. The number of nitrogens with zero attached hydrogens (tertiary/aromatic N) is 2. The molecule has 1 atom stereocenters. The van der Waals surface area contributed by atoms with E-state index in [0.29, 0.717) is 18.8 Å². The summed E-state index contributed by atoms with van der Waals surface area (Å²) in [5.74, 6) is -0.221. The van der Waals surface area contributed by atoms with E-state index in [1.165, 1.54) is 28.7 Å². The fourth-order valence-electron chi connectivity index (χ4n) is 3.06. The fraction of sp³-hybridized carbons (Fsp3) is 0.450. The van der Waals surface area contributed by atoms with E-state index in [0.717, 1.165) is 34.6 Å². The average molecular weight is 469 g/mol. The number of aryl methyl sites for hydroxylation is 1. The van der Waals surface area contributed by atoms with Crippen LogP contribution < -0.4 is 11.1 Å². The average Bonchev–Trinajstić information content (AvgIpc) is 3.14. The molecule has 162 valence electrons. The van der Waals surface area contributed by atoms with Crippen LogP contribution in [0.2, 0.25) is 5.02 Å². The minimum absolute atomic E-state index is 0.0457. The van der Waals surface area contributed by atoms with Crippen molar-refractivity contribution in [3.63, 3.8) is 0 Å². The van der Waals surface area contributed by atoms with E-state index >= 15 is 0 Å². The SMILES string of the molecule is Cc1ccc(CN2CCO[C@@H](CNC(=O)CSc3nc(CC(N)=O)cs3)C2)cc1Cl. The van der Waals surface area contributed by atoms with E-state index < -0.39 is 5.91 Å². The molecule has 0 radical (unpaired) electrons. The number of halogens is 1. The Balaban J connectivity index is 1.39. The van der Waals surface area contributed by atoms with Gasteiger partial charge in [-0.05, 0) is 24.1 Å². The van der Waals surface area contributed by atoms with Gasteiger partial charge in [-0.3, -0.25) is 14.5 Å². The Bertz CT molecular complexity index is 893. The van der Waals surface area contributed by atoms with Gasteiger partial charge in [0.2, 0.25) is 11.8 Å². The number of thiazole rings is 1. The quantitative estimate of drug-likeness (QED) is 0.548. The lowest BCUT2D eigenvalue weighted by Gasteiger charge is -2.33. The van der Waals surface area contributed by atoms with E-state index in [-0.39, 0.29) is 24.2 Å². The number of thioether (sulfide) groups is 1. The number of rotatable bonds is 9. The van der Waals surface area contributed by atoms with Crippen LogP contribution in [-0.2, 0) is 27.3 Å². The first-order chi connectivity index (χ1) is 14.4. The number of amides is 2. The van der Waals surface area contributed by atoms with Gasteiger partial charge in [-0.15, -0.1) is 11.3 Å². The number of primary amides is 1. The largest absolute Gasteiger partial charge is 0.374 e. The number of aromatic nitrogens is 1. The van der Waals surface area contributed by atoms with E-state index in [2.05, 4.69) is 21.3 Å². The molecular formula is C20H25ClN4O3S2. The molecule has 0 saturated carbocycles.